The third kappa shape index (κ3) is 4.68. The summed E-state index contributed by atoms with van der Waals surface area (Å²) in [5, 5.41) is 0. The van der Waals surface area contributed by atoms with Crippen LogP contribution in [0.1, 0.15) is 19.7 Å². The zero-order chi connectivity index (χ0) is 11.1. The molecule has 0 radical (unpaired) electrons. The van der Waals surface area contributed by atoms with Crippen molar-refractivity contribution in [1.82, 2.24) is 9.97 Å². The predicted molar refractivity (Wildman–Crippen MR) is 60.5 cm³/mol. The van der Waals surface area contributed by atoms with Gasteiger partial charge in [0.15, 0.2) is 6.29 Å². The fraction of sp³-hybridized carbons (Fsp3) is 0.600. The van der Waals surface area contributed by atoms with E-state index in [2.05, 4.69) is 25.9 Å². The highest BCUT2D eigenvalue weighted by molar-refractivity contribution is 9.10. The van der Waals surface area contributed by atoms with Crippen molar-refractivity contribution >= 4 is 15.9 Å². The summed E-state index contributed by atoms with van der Waals surface area (Å²) in [6.45, 7) is 5.12. The molecule has 0 bridgehead atoms. The van der Waals surface area contributed by atoms with Crippen molar-refractivity contribution in [3.8, 4) is 0 Å². The maximum atomic E-state index is 5.41. The van der Waals surface area contributed by atoms with Crippen LogP contribution in [-0.2, 0) is 15.9 Å². The van der Waals surface area contributed by atoms with E-state index in [9.17, 15) is 0 Å². The molecule has 5 heteroatoms. The van der Waals surface area contributed by atoms with Crippen LogP contribution in [0.5, 0.6) is 0 Å². The molecule has 0 amide bonds. The Kier molecular flexibility index (Phi) is 5.75. The van der Waals surface area contributed by atoms with Crippen LogP contribution in [0.2, 0.25) is 0 Å². The number of aromatic nitrogens is 2. The van der Waals surface area contributed by atoms with E-state index in [-0.39, 0.29) is 6.29 Å². The molecule has 1 heterocycles. The lowest BCUT2D eigenvalue weighted by atomic mass is 10.4. The maximum Gasteiger partial charge on any atom is 0.164 e. The van der Waals surface area contributed by atoms with E-state index >= 15 is 0 Å². The molecule has 1 aromatic heterocycles. The van der Waals surface area contributed by atoms with E-state index in [0.29, 0.717) is 19.6 Å². The highest BCUT2D eigenvalue weighted by Crippen LogP contribution is 2.07. The van der Waals surface area contributed by atoms with Gasteiger partial charge in [-0.15, -0.1) is 0 Å². The molecule has 0 spiro atoms. The van der Waals surface area contributed by atoms with Crippen LogP contribution in [0.15, 0.2) is 16.9 Å². The zero-order valence-electron chi connectivity index (χ0n) is 8.94. The molecule has 0 aliphatic carbocycles. The van der Waals surface area contributed by atoms with E-state index in [1.807, 2.05) is 13.8 Å². The van der Waals surface area contributed by atoms with Crippen molar-refractivity contribution < 1.29 is 9.47 Å². The van der Waals surface area contributed by atoms with Crippen LogP contribution in [0.3, 0.4) is 0 Å². The average molecular weight is 275 g/mol. The molecule has 1 aromatic rings. The second-order valence-electron chi connectivity index (χ2n) is 2.84. The summed E-state index contributed by atoms with van der Waals surface area (Å²) in [7, 11) is 0. The number of hydrogen-bond donors (Lipinski definition) is 0. The lowest BCUT2D eigenvalue weighted by Crippen LogP contribution is -2.21. The van der Waals surface area contributed by atoms with Crippen LogP contribution < -0.4 is 0 Å². The standard InChI is InChI=1S/C10H15BrN2O2/c1-3-14-10(15-4-2)7-9-12-6-5-8(11)13-9/h5-6,10H,3-4,7H2,1-2H3. The summed E-state index contributed by atoms with van der Waals surface area (Å²) in [4.78, 5) is 8.37. The first kappa shape index (κ1) is 12.5. The first-order valence-electron chi connectivity index (χ1n) is 4.96. The van der Waals surface area contributed by atoms with Crippen LogP contribution in [0, 0.1) is 0 Å². The third-order valence-electron chi connectivity index (χ3n) is 1.73. The molecule has 0 saturated carbocycles. The molecule has 0 unspecified atom stereocenters. The van der Waals surface area contributed by atoms with Crippen LogP contribution >= 0.6 is 15.9 Å². The highest BCUT2D eigenvalue weighted by Gasteiger charge is 2.11. The number of halogens is 1. The van der Waals surface area contributed by atoms with Gasteiger partial charge in [0.25, 0.3) is 0 Å². The Morgan fingerprint density at radius 2 is 2.00 bits per heavy atom. The van der Waals surface area contributed by atoms with Gasteiger partial charge in [-0.3, -0.25) is 0 Å². The number of nitrogens with zero attached hydrogens (tertiary/aromatic N) is 2. The Labute approximate surface area is 98.2 Å². The summed E-state index contributed by atoms with van der Waals surface area (Å²) < 4.78 is 11.6. The molecular weight excluding hydrogens is 260 g/mol. The minimum atomic E-state index is -0.255. The van der Waals surface area contributed by atoms with Gasteiger partial charge in [0.1, 0.15) is 10.4 Å². The Bertz CT molecular complexity index is 291. The third-order valence-corrected chi connectivity index (χ3v) is 2.17. The predicted octanol–water partition coefficient (Wildman–Crippen LogP) is 2.18. The molecule has 0 aliphatic heterocycles. The van der Waals surface area contributed by atoms with E-state index in [4.69, 9.17) is 9.47 Å². The van der Waals surface area contributed by atoms with Gasteiger partial charge in [-0.2, -0.15) is 0 Å². The van der Waals surface area contributed by atoms with E-state index < -0.39 is 0 Å². The monoisotopic (exact) mass is 274 g/mol. The van der Waals surface area contributed by atoms with Crippen molar-refractivity contribution in [3.05, 3.63) is 22.7 Å². The van der Waals surface area contributed by atoms with Crippen LogP contribution in [0.4, 0.5) is 0 Å². The molecule has 0 N–H and O–H groups in total. The second kappa shape index (κ2) is 6.87. The lowest BCUT2D eigenvalue weighted by Gasteiger charge is -2.15. The van der Waals surface area contributed by atoms with E-state index in [0.717, 1.165) is 10.4 Å². The number of rotatable bonds is 6. The minimum absolute atomic E-state index is 0.255. The molecule has 0 atom stereocenters. The molecule has 0 aliphatic rings. The van der Waals surface area contributed by atoms with Gasteiger partial charge in [-0.25, -0.2) is 9.97 Å². The normalized spacial score (nSPS) is 10.9. The zero-order valence-corrected chi connectivity index (χ0v) is 10.5. The topological polar surface area (TPSA) is 44.2 Å². The molecule has 4 nitrogen and oxygen atoms in total. The Balaban J connectivity index is 2.56. The quantitative estimate of drug-likeness (QED) is 0.589. The van der Waals surface area contributed by atoms with Crippen molar-refractivity contribution in [3.63, 3.8) is 0 Å². The second-order valence-corrected chi connectivity index (χ2v) is 3.65. The molecule has 15 heavy (non-hydrogen) atoms. The summed E-state index contributed by atoms with van der Waals surface area (Å²) in [5.74, 6) is 0.719. The van der Waals surface area contributed by atoms with Crippen molar-refractivity contribution in [2.24, 2.45) is 0 Å². The molecule has 0 aromatic carbocycles. The summed E-state index contributed by atoms with van der Waals surface area (Å²) >= 11 is 3.30. The SMILES string of the molecule is CCOC(Cc1nccc(Br)n1)OCC. The fourth-order valence-electron chi connectivity index (χ4n) is 1.16. The molecule has 0 saturated heterocycles. The molecule has 0 fully saturated rings. The minimum Gasteiger partial charge on any atom is -0.352 e. The fourth-order valence-corrected chi connectivity index (χ4v) is 1.48. The highest BCUT2D eigenvalue weighted by atomic mass is 79.9. The van der Waals surface area contributed by atoms with Gasteiger partial charge in [0.05, 0.1) is 6.42 Å². The Morgan fingerprint density at radius 3 is 2.53 bits per heavy atom. The smallest absolute Gasteiger partial charge is 0.164 e. The summed E-state index contributed by atoms with van der Waals surface area (Å²) in [5.41, 5.74) is 0. The largest absolute Gasteiger partial charge is 0.352 e. The van der Waals surface area contributed by atoms with Crippen LogP contribution in [-0.4, -0.2) is 29.5 Å². The van der Waals surface area contributed by atoms with Crippen molar-refractivity contribution in [1.29, 1.82) is 0 Å². The molecule has 84 valence electrons. The maximum absolute atomic E-state index is 5.41. The van der Waals surface area contributed by atoms with Crippen LogP contribution in [0.25, 0.3) is 0 Å². The van der Waals surface area contributed by atoms with E-state index in [1.54, 1.807) is 12.3 Å². The first-order chi connectivity index (χ1) is 7.26. The van der Waals surface area contributed by atoms with Gasteiger partial charge in [-0.1, -0.05) is 0 Å². The van der Waals surface area contributed by atoms with Gasteiger partial charge >= 0.3 is 0 Å². The Hall–Kier alpha value is -0.520. The summed E-state index contributed by atoms with van der Waals surface area (Å²) in [6.07, 6.45) is 2.02. The lowest BCUT2D eigenvalue weighted by molar-refractivity contribution is -0.135. The van der Waals surface area contributed by atoms with Crippen molar-refractivity contribution in [2.45, 2.75) is 26.6 Å². The van der Waals surface area contributed by atoms with Crippen molar-refractivity contribution in [2.75, 3.05) is 13.2 Å². The van der Waals surface area contributed by atoms with Gasteiger partial charge in [-0.05, 0) is 35.8 Å². The Morgan fingerprint density at radius 1 is 1.33 bits per heavy atom. The summed E-state index contributed by atoms with van der Waals surface area (Å²) in [6, 6.07) is 1.79. The number of hydrogen-bond acceptors (Lipinski definition) is 4. The molecule has 1 rings (SSSR count). The number of ether oxygens (including phenoxy) is 2. The van der Waals surface area contributed by atoms with Gasteiger partial charge < -0.3 is 9.47 Å². The molecular formula is C10H15BrN2O2. The van der Waals surface area contributed by atoms with Gasteiger partial charge in [0, 0.05) is 19.4 Å². The first-order valence-corrected chi connectivity index (χ1v) is 5.76. The van der Waals surface area contributed by atoms with Gasteiger partial charge in [0.2, 0.25) is 0 Å². The van der Waals surface area contributed by atoms with E-state index in [1.165, 1.54) is 0 Å². The average Bonchev–Trinajstić information content (AvgIpc) is 2.18.